The highest BCUT2D eigenvalue weighted by Crippen LogP contribution is 2.15. The third-order valence-electron chi connectivity index (χ3n) is 2.47. The van der Waals surface area contributed by atoms with E-state index in [0.717, 1.165) is 6.07 Å². The first kappa shape index (κ1) is 13.1. The standard InChI is InChI=1S/C11H12FN5O2/c12-10-5-9(6-11(7-10)17(18)19)8-13-1-3-16-4-2-14-15-16/h2,4-7,13H,1,3,8H2. The molecule has 2 aromatic rings. The zero-order valence-electron chi connectivity index (χ0n) is 9.99. The van der Waals surface area contributed by atoms with Crippen LogP contribution in [0.4, 0.5) is 10.1 Å². The molecular formula is C11H12FN5O2. The molecule has 100 valence electrons. The molecule has 0 spiro atoms. The fraction of sp³-hybridized carbons (Fsp3) is 0.273. The predicted octanol–water partition coefficient (Wildman–Crippen LogP) is 1.12. The van der Waals surface area contributed by atoms with E-state index in [1.807, 2.05) is 0 Å². The normalized spacial score (nSPS) is 10.6. The summed E-state index contributed by atoms with van der Waals surface area (Å²) in [6.45, 7) is 1.58. The maximum absolute atomic E-state index is 13.2. The molecule has 7 nitrogen and oxygen atoms in total. The molecule has 0 unspecified atom stereocenters. The highest BCUT2D eigenvalue weighted by molar-refractivity contribution is 5.35. The van der Waals surface area contributed by atoms with Gasteiger partial charge in [0.25, 0.3) is 5.69 Å². The van der Waals surface area contributed by atoms with E-state index in [1.165, 1.54) is 12.1 Å². The number of nitro benzene ring substituents is 1. The van der Waals surface area contributed by atoms with Gasteiger partial charge in [-0.3, -0.25) is 14.8 Å². The lowest BCUT2D eigenvalue weighted by Crippen LogP contribution is -2.20. The SMILES string of the molecule is O=[N+]([O-])c1cc(F)cc(CNCCn2ccnn2)c1. The van der Waals surface area contributed by atoms with Gasteiger partial charge in [0.2, 0.25) is 0 Å². The molecule has 0 fully saturated rings. The van der Waals surface area contributed by atoms with Crippen LogP contribution < -0.4 is 5.32 Å². The Morgan fingerprint density at radius 1 is 1.42 bits per heavy atom. The highest BCUT2D eigenvalue weighted by atomic mass is 19.1. The maximum atomic E-state index is 13.2. The van der Waals surface area contributed by atoms with Gasteiger partial charge in [0, 0.05) is 25.4 Å². The summed E-state index contributed by atoms with van der Waals surface area (Å²) in [6.07, 6.45) is 3.31. The molecule has 0 radical (unpaired) electrons. The number of nitro groups is 1. The second-order valence-electron chi connectivity index (χ2n) is 3.92. The zero-order valence-corrected chi connectivity index (χ0v) is 9.99. The number of hydrogen-bond donors (Lipinski definition) is 1. The number of rotatable bonds is 6. The van der Waals surface area contributed by atoms with Gasteiger partial charge in [-0.05, 0) is 11.6 Å². The fourth-order valence-electron chi connectivity index (χ4n) is 1.62. The summed E-state index contributed by atoms with van der Waals surface area (Å²) in [5.74, 6) is -0.609. The van der Waals surface area contributed by atoms with Gasteiger partial charge >= 0.3 is 0 Å². The lowest BCUT2D eigenvalue weighted by Gasteiger charge is -2.05. The molecule has 2 rings (SSSR count). The largest absolute Gasteiger partial charge is 0.311 e. The van der Waals surface area contributed by atoms with Crippen LogP contribution in [0.1, 0.15) is 5.56 Å². The van der Waals surface area contributed by atoms with Crippen LogP contribution in [0, 0.1) is 15.9 Å². The number of nitrogens with zero attached hydrogens (tertiary/aromatic N) is 4. The van der Waals surface area contributed by atoms with E-state index in [0.29, 0.717) is 25.2 Å². The minimum Gasteiger partial charge on any atom is -0.311 e. The number of non-ortho nitro benzene ring substituents is 1. The minimum atomic E-state index is -0.609. The number of nitrogens with one attached hydrogen (secondary N) is 1. The summed E-state index contributed by atoms with van der Waals surface area (Å²) in [7, 11) is 0. The van der Waals surface area contributed by atoms with E-state index in [2.05, 4.69) is 15.6 Å². The van der Waals surface area contributed by atoms with E-state index in [1.54, 1.807) is 17.1 Å². The van der Waals surface area contributed by atoms with Crippen LogP contribution >= 0.6 is 0 Å². The van der Waals surface area contributed by atoms with Crippen LogP contribution in [0.3, 0.4) is 0 Å². The number of halogens is 1. The van der Waals surface area contributed by atoms with Crippen molar-refractivity contribution in [3.8, 4) is 0 Å². The van der Waals surface area contributed by atoms with Crippen LogP contribution in [-0.2, 0) is 13.1 Å². The minimum absolute atomic E-state index is 0.243. The molecule has 1 heterocycles. The fourth-order valence-corrected chi connectivity index (χ4v) is 1.62. The van der Waals surface area contributed by atoms with Gasteiger partial charge in [-0.2, -0.15) is 0 Å². The van der Waals surface area contributed by atoms with Crippen molar-refractivity contribution in [3.63, 3.8) is 0 Å². The average molecular weight is 265 g/mol. The van der Waals surface area contributed by atoms with Gasteiger partial charge in [-0.15, -0.1) is 5.10 Å². The molecule has 0 bridgehead atoms. The molecular weight excluding hydrogens is 253 g/mol. The quantitative estimate of drug-likeness (QED) is 0.480. The first-order chi connectivity index (χ1) is 9.15. The summed E-state index contributed by atoms with van der Waals surface area (Å²) >= 11 is 0. The maximum Gasteiger partial charge on any atom is 0.272 e. The molecule has 0 atom stereocenters. The van der Waals surface area contributed by atoms with Crippen molar-refractivity contribution in [3.05, 3.63) is 52.1 Å². The Kier molecular flexibility index (Phi) is 4.14. The predicted molar refractivity (Wildman–Crippen MR) is 64.8 cm³/mol. The summed E-state index contributed by atoms with van der Waals surface area (Å²) < 4.78 is 14.8. The summed E-state index contributed by atoms with van der Waals surface area (Å²) in [6, 6.07) is 3.53. The third-order valence-corrected chi connectivity index (χ3v) is 2.47. The van der Waals surface area contributed by atoms with E-state index < -0.39 is 10.7 Å². The van der Waals surface area contributed by atoms with E-state index >= 15 is 0 Å². The number of hydrogen-bond acceptors (Lipinski definition) is 5. The van der Waals surface area contributed by atoms with Crippen LogP contribution in [0.5, 0.6) is 0 Å². The van der Waals surface area contributed by atoms with Crippen molar-refractivity contribution in [1.82, 2.24) is 20.3 Å². The smallest absolute Gasteiger partial charge is 0.272 e. The molecule has 0 aliphatic carbocycles. The van der Waals surface area contributed by atoms with E-state index in [4.69, 9.17) is 0 Å². The molecule has 0 saturated carbocycles. The molecule has 0 aliphatic rings. The Balaban J connectivity index is 1.87. The van der Waals surface area contributed by atoms with Gasteiger partial charge < -0.3 is 5.32 Å². The van der Waals surface area contributed by atoms with Crippen molar-refractivity contribution in [1.29, 1.82) is 0 Å². The van der Waals surface area contributed by atoms with Crippen molar-refractivity contribution < 1.29 is 9.31 Å². The van der Waals surface area contributed by atoms with Crippen molar-refractivity contribution in [2.45, 2.75) is 13.1 Å². The lowest BCUT2D eigenvalue weighted by molar-refractivity contribution is -0.385. The van der Waals surface area contributed by atoms with Crippen molar-refractivity contribution in [2.24, 2.45) is 0 Å². The molecule has 1 N–H and O–H groups in total. The van der Waals surface area contributed by atoms with Gasteiger partial charge in [0.1, 0.15) is 5.82 Å². The highest BCUT2D eigenvalue weighted by Gasteiger charge is 2.09. The summed E-state index contributed by atoms with van der Waals surface area (Å²) in [4.78, 5) is 9.98. The van der Waals surface area contributed by atoms with Gasteiger partial charge in [-0.25, -0.2) is 4.39 Å². The van der Waals surface area contributed by atoms with Crippen LogP contribution in [0.25, 0.3) is 0 Å². The Bertz CT molecular complexity index is 558. The van der Waals surface area contributed by atoms with Crippen LogP contribution in [0.15, 0.2) is 30.6 Å². The molecule has 1 aromatic carbocycles. The molecule has 8 heteroatoms. The number of benzene rings is 1. The second kappa shape index (κ2) is 6.01. The zero-order chi connectivity index (χ0) is 13.7. The molecule has 0 amide bonds. The molecule has 1 aromatic heterocycles. The van der Waals surface area contributed by atoms with Crippen LogP contribution in [0.2, 0.25) is 0 Å². The lowest BCUT2D eigenvalue weighted by atomic mass is 10.2. The first-order valence-electron chi connectivity index (χ1n) is 5.64. The Morgan fingerprint density at radius 3 is 2.95 bits per heavy atom. The van der Waals surface area contributed by atoms with Gasteiger partial charge in [-0.1, -0.05) is 5.21 Å². The van der Waals surface area contributed by atoms with E-state index in [-0.39, 0.29) is 5.69 Å². The Hall–Kier alpha value is -2.35. The van der Waals surface area contributed by atoms with Crippen LogP contribution in [-0.4, -0.2) is 26.5 Å². The first-order valence-corrected chi connectivity index (χ1v) is 5.64. The second-order valence-corrected chi connectivity index (χ2v) is 3.92. The third kappa shape index (κ3) is 3.81. The Morgan fingerprint density at radius 2 is 2.26 bits per heavy atom. The van der Waals surface area contributed by atoms with Crippen molar-refractivity contribution >= 4 is 5.69 Å². The molecule has 19 heavy (non-hydrogen) atoms. The Labute approximate surface area is 108 Å². The molecule has 0 aliphatic heterocycles. The van der Waals surface area contributed by atoms with Crippen molar-refractivity contribution in [2.75, 3.05) is 6.54 Å². The van der Waals surface area contributed by atoms with Gasteiger partial charge in [0.15, 0.2) is 0 Å². The summed E-state index contributed by atoms with van der Waals surface area (Å²) in [5.41, 5.74) is 0.290. The monoisotopic (exact) mass is 265 g/mol. The molecule has 0 saturated heterocycles. The average Bonchev–Trinajstić information content (AvgIpc) is 2.87. The van der Waals surface area contributed by atoms with Gasteiger partial charge in [0.05, 0.1) is 23.7 Å². The van der Waals surface area contributed by atoms with E-state index in [9.17, 15) is 14.5 Å². The number of aromatic nitrogens is 3. The summed E-state index contributed by atoms with van der Waals surface area (Å²) in [5, 5.41) is 21.1. The topological polar surface area (TPSA) is 85.9 Å².